The van der Waals surface area contributed by atoms with Gasteiger partial charge in [-0.3, -0.25) is 4.72 Å². The molecule has 0 spiro atoms. The molecule has 3 rings (SSSR count). The van der Waals surface area contributed by atoms with Crippen LogP contribution in [-0.2, 0) is 21.2 Å². The van der Waals surface area contributed by atoms with Crippen molar-refractivity contribution in [1.29, 1.82) is 0 Å². The predicted octanol–water partition coefficient (Wildman–Crippen LogP) is 6.12. The van der Waals surface area contributed by atoms with Crippen LogP contribution >= 0.6 is 11.3 Å². The number of carbonyl (C=O) groups is 1. The molecule has 0 radical (unpaired) electrons. The number of halogens is 8. The van der Waals surface area contributed by atoms with Gasteiger partial charge in [0.15, 0.2) is 5.75 Å². The third kappa shape index (κ3) is 7.73. The summed E-state index contributed by atoms with van der Waals surface area (Å²) in [5, 5.41) is 12.2. The molecule has 40 heavy (non-hydrogen) atoms. The molecule has 0 saturated heterocycles. The molecular weight excluding hydrogens is 604 g/mol. The van der Waals surface area contributed by atoms with E-state index < -0.39 is 50.3 Å². The molecule has 20 heteroatoms. The summed E-state index contributed by atoms with van der Waals surface area (Å²) in [4.78, 5) is 13.6. The molecule has 10 nitrogen and oxygen atoms in total. The molecule has 0 fully saturated rings. The largest absolute Gasteiger partial charge is 0.501 e. The second kappa shape index (κ2) is 11.4. The third-order valence-corrected chi connectivity index (χ3v) is 7.36. The fourth-order valence-corrected chi connectivity index (χ4v) is 5.21. The number of nitrogens with one attached hydrogen (secondary N) is 1. The Hall–Kier alpha value is -3.16. The first-order valence-corrected chi connectivity index (χ1v) is 13.7. The van der Waals surface area contributed by atoms with Crippen LogP contribution in [-0.4, -0.2) is 61.4 Å². The van der Waals surface area contributed by atoms with E-state index in [0.29, 0.717) is 30.6 Å². The normalized spacial score (nSPS) is 16.8. The summed E-state index contributed by atoms with van der Waals surface area (Å²) < 4.78 is 131. The van der Waals surface area contributed by atoms with E-state index in [9.17, 15) is 48.3 Å². The van der Waals surface area contributed by atoms with Crippen LogP contribution in [0.4, 0.5) is 57.3 Å². The lowest BCUT2D eigenvalue weighted by molar-refractivity contribution is -0.370. The molecule has 1 aromatic carbocycles. The number of anilines is 2. The number of hydrogen-bond acceptors (Lipinski definition) is 10. The SMILES string of the molecule is CCCN1c2cc(NS(=O)(=O)CC(F)(F)F)c(N=Nc3nnc(C(=O)OC(F)(F)C(F)(F)F)s3)cc2CCC1C. The predicted molar refractivity (Wildman–Crippen MR) is 126 cm³/mol. The highest BCUT2D eigenvalue weighted by molar-refractivity contribution is 7.92. The van der Waals surface area contributed by atoms with Gasteiger partial charge in [-0.05, 0) is 43.9 Å². The summed E-state index contributed by atoms with van der Waals surface area (Å²) in [5.41, 5.74) is 0.625. The number of hydrogen-bond donors (Lipinski definition) is 1. The van der Waals surface area contributed by atoms with Crippen LogP contribution in [0.3, 0.4) is 0 Å². The van der Waals surface area contributed by atoms with Crippen molar-refractivity contribution in [2.75, 3.05) is 21.9 Å². The average molecular weight is 625 g/mol. The van der Waals surface area contributed by atoms with Crippen LogP contribution < -0.4 is 9.62 Å². The van der Waals surface area contributed by atoms with Gasteiger partial charge >= 0.3 is 24.4 Å². The number of esters is 1. The summed E-state index contributed by atoms with van der Waals surface area (Å²) >= 11 is 0.121. The molecular formula is C20H20F8N6O4S2. The van der Waals surface area contributed by atoms with Crippen LogP contribution in [0.15, 0.2) is 22.4 Å². The summed E-state index contributed by atoms with van der Waals surface area (Å²) in [6.07, 6.45) is -15.1. The number of azo groups is 1. The van der Waals surface area contributed by atoms with Gasteiger partial charge in [0, 0.05) is 18.3 Å². The Balaban J connectivity index is 1.96. The molecule has 0 aliphatic carbocycles. The van der Waals surface area contributed by atoms with Gasteiger partial charge in [0.05, 0.1) is 5.69 Å². The number of carbonyl (C=O) groups excluding carboxylic acids is 1. The maximum atomic E-state index is 13.0. The number of rotatable bonds is 9. The molecule has 1 aromatic heterocycles. The Morgan fingerprint density at radius 1 is 1.15 bits per heavy atom. The highest BCUT2D eigenvalue weighted by Crippen LogP contribution is 2.41. The number of aryl methyl sites for hydroxylation is 1. The molecule has 1 unspecified atom stereocenters. The minimum atomic E-state index is -6.18. The van der Waals surface area contributed by atoms with E-state index in [2.05, 4.69) is 25.2 Å². The van der Waals surface area contributed by atoms with Crippen LogP contribution in [0.5, 0.6) is 0 Å². The fourth-order valence-electron chi connectivity index (χ4n) is 3.66. The molecule has 2 aromatic rings. The Morgan fingerprint density at radius 3 is 2.42 bits per heavy atom. The van der Waals surface area contributed by atoms with Gasteiger partial charge in [-0.1, -0.05) is 18.3 Å². The Morgan fingerprint density at radius 2 is 1.82 bits per heavy atom. The van der Waals surface area contributed by atoms with Gasteiger partial charge in [-0.2, -0.15) is 35.1 Å². The highest BCUT2D eigenvalue weighted by atomic mass is 32.2. The van der Waals surface area contributed by atoms with Crippen molar-refractivity contribution in [1.82, 2.24) is 10.2 Å². The van der Waals surface area contributed by atoms with E-state index in [-0.39, 0.29) is 28.8 Å². The smallest absolute Gasteiger partial charge is 0.388 e. The van der Waals surface area contributed by atoms with Crippen LogP contribution in [0.25, 0.3) is 0 Å². The quantitative estimate of drug-likeness (QED) is 0.202. The minimum absolute atomic E-state index is 0.0452. The zero-order valence-electron chi connectivity index (χ0n) is 20.5. The average Bonchev–Trinajstić information content (AvgIpc) is 3.26. The van der Waals surface area contributed by atoms with E-state index in [1.807, 2.05) is 23.5 Å². The fraction of sp³-hybridized carbons (Fsp3) is 0.550. The van der Waals surface area contributed by atoms with Crippen molar-refractivity contribution >= 4 is 49.5 Å². The topological polar surface area (TPSA) is 126 Å². The second-order valence-corrected chi connectivity index (χ2v) is 11.2. The molecule has 222 valence electrons. The standard InChI is InChI=1S/C20H20F8N6O4S2/c1-3-6-34-10(2)4-5-11-7-12(13(8-14(11)34)33-40(36,37)9-18(21,22)23)29-31-17-32-30-15(39-17)16(35)38-20(27,28)19(24,25)26/h7-8,10,33H,3-6,9H2,1-2H3. The third-order valence-electron chi connectivity index (χ3n) is 5.34. The molecule has 0 amide bonds. The zero-order valence-corrected chi connectivity index (χ0v) is 22.1. The summed E-state index contributed by atoms with van der Waals surface area (Å²) in [6, 6.07) is 2.74. The maximum absolute atomic E-state index is 13.0. The first kappa shape index (κ1) is 31.4. The van der Waals surface area contributed by atoms with E-state index in [1.54, 1.807) is 0 Å². The van der Waals surface area contributed by atoms with Gasteiger partial charge in [-0.15, -0.1) is 20.4 Å². The van der Waals surface area contributed by atoms with Crippen molar-refractivity contribution in [2.45, 2.75) is 57.6 Å². The van der Waals surface area contributed by atoms with Crippen molar-refractivity contribution in [2.24, 2.45) is 10.2 Å². The van der Waals surface area contributed by atoms with Gasteiger partial charge < -0.3 is 9.64 Å². The minimum Gasteiger partial charge on any atom is -0.388 e. The lowest BCUT2D eigenvalue weighted by Gasteiger charge is -2.37. The van der Waals surface area contributed by atoms with Gasteiger partial charge in [0.1, 0.15) is 5.69 Å². The lowest BCUT2D eigenvalue weighted by Crippen LogP contribution is -2.40. The van der Waals surface area contributed by atoms with E-state index in [1.165, 1.54) is 12.1 Å². The van der Waals surface area contributed by atoms with Crippen LogP contribution in [0, 0.1) is 0 Å². The maximum Gasteiger partial charge on any atom is 0.501 e. The van der Waals surface area contributed by atoms with Crippen LogP contribution in [0.1, 0.15) is 42.1 Å². The Labute approximate surface area is 225 Å². The van der Waals surface area contributed by atoms with E-state index in [0.717, 1.165) is 6.42 Å². The second-order valence-electron chi connectivity index (χ2n) is 8.55. The Kier molecular flexibility index (Phi) is 8.92. The molecule has 0 saturated carbocycles. The first-order valence-electron chi connectivity index (χ1n) is 11.3. The molecule has 1 atom stereocenters. The summed E-state index contributed by atoms with van der Waals surface area (Å²) in [7, 11) is -4.95. The van der Waals surface area contributed by atoms with Crippen molar-refractivity contribution in [3.63, 3.8) is 0 Å². The number of fused-ring (bicyclic) bond motifs is 1. The van der Waals surface area contributed by atoms with E-state index >= 15 is 0 Å². The number of ether oxygens (including phenoxy) is 1. The van der Waals surface area contributed by atoms with Gasteiger partial charge in [-0.25, -0.2) is 13.2 Å². The van der Waals surface area contributed by atoms with Gasteiger partial charge in [0.25, 0.3) is 5.13 Å². The number of sulfonamides is 1. The molecule has 1 N–H and O–H groups in total. The number of benzene rings is 1. The van der Waals surface area contributed by atoms with Crippen molar-refractivity contribution in [3.8, 4) is 0 Å². The lowest BCUT2D eigenvalue weighted by atomic mass is 9.95. The molecule has 2 heterocycles. The van der Waals surface area contributed by atoms with Gasteiger partial charge in [0.2, 0.25) is 15.0 Å². The highest BCUT2D eigenvalue weighted by Gasteiger charge is 2.62. The first-order chi connectivity index (χ1) is 18.3. The Bertz CT molecular complexity index is 1380. The monoisotopic (exact) mass is 624 g/mol. The summed E-state index contributed by atoms with van der Waals surface area (Å²) in [6.45, 7) is 4.41. The van der Waals surface area contributed by atoms with Crippen LogP contribution in [0.2, 0.25) is 0 Å². The molecule has 0 bridgehead atoms. The van der Waals surface area contributed by atoms with Crippen molar-refractivity contribution < 1.29 is 53.1 Å². The number of nitrogens with zero attached hydrogens (tertiary/aromatic N) is 5. The summed E-state index contributed by atoms with van der Waals surface area (Å²) in [5.74, 6) is -4.34. The van der Waals surface area contributed by atoms with E-state index in [4.69, 9.17) is 0 Å². The number of alkyl halides is 8. The van der Waals surface area contributed by atoms with Crippen molar-refractivity contribution in [3.05, 3.63) is 22.7 Å². The molecule has 1 aliphatic heterocycles. The molecule has 1 aliphatic rings. The number of aromatic nitrogens is 2. The zero-order chi connectivity index (χ0) is 30.1.